The molecular formula is C16H29ClN4O3S. The number of carbonyl (C=O) groups excluding carboxylic acids is 1. The monoisotopic (exact) mass is 392 g/mol. The quantitative estimate of drug-likeness (QED) is 0.709. The highest BCUT2D eigenvalue weighted by atomic mass is 35.5. The molecule has 1 fully saturated rings. The molecule has 0 aliphatic carbocycles. The van der Waals surface area contributed by atoms with E-state index < -0.39 is 9.84 Å². The van der Waals surface area contributed by atoms with E-state index in [4.69, 9.17) is 0 Å². The first kappa shape index (κ1) is 21.9. The van der Waals surface area contributed by atoms with E-state index in [-0.39, 0.29) is 36.7 Å². The van der Waals surface area contributed by atoms with Crippen LogP contribution in [-0.2, 0) is 21.2 Å². The summed E-state index contributed by atoms with van der Waals surface area (Å²) in [7, 11) is -2.96. The fourth-order valence-corrected chi connectivity index (χ4v) is 3.81. The molecule has 2 atom stereocenters. The zero-order valence-corrected chi connectivity index (χ0v) is 16.8. The third-order valence-corrected chi connectivity index (χ3v) is 5.29. The van der Waals surface area contributed by atoms with Crippen LogP contribution < -0.4 is 5.32 Å². The van der Waals surface area contributed by atoms with Crippen LogP contribution in [0.3, 0.4) is 0 Å². The molecule has 1 aromatic heterocycles. The summed E-state index contributed by atoms with van der Waals surface area (Å²) in [6.45, 7) is 6.37. The Labute approximate surface area is 156 Å². The number of nitrogens with one attached hydrogen (secondary N) is 1. The number of hydrogen-bond acceptors (Lipinski definition) is 5. The van der Waals surface area contributed by atoms with E-state index in [2.05, 4.69) is 22.2 Å². The molecule has 1 aliphatic heterocycles. The minimum atomic E-state index is -2.96. The molecule has 0 unspecified atom stereocenters. The maximum atomic E-state index is 12.3. The standard InChI is InChI=1S/C16H28N4O3S.ClH/c1-4-5-14-10-19(6-7-24(3,22)23)11-15(14)18-16(21)12-20-9-13(2)8-17-20;/h8-9,14-15H,4-7,10-12H2,1-3H3,(H,18,21);1H/t14-,15-;/m0./s1. The van der Waals surface area contributed by atoms with Crippen LogP contribution in [0.15, 0.2) is 12.4 Å². The molecule has 0 bridgehead atoms. The van der Waals surface area contributed by atoms with Crippen LogP contribution in [0, 0.1) is 12.8 Å². The summed E-state index contributed by atoms with van der Waals surface area (Å²) in [5.74, 6) is 0.492. The van der Waals surface area contributed by atoms with Crippen LogP contribution in [-0.4, -0.2) is 66.7 Å². The van der Waals surface area contributed by atoms with E-state index in [1.807, 2.05) is 13.1 Å². The Morgan fingerprint density at radius 3 is 2.68 bits per heavy atom. The van der Waals surface area contributed by atoms with Crippen molar-refractivity contribution >= 4 is 28.2 Å². The first-order chi connectivity index (χ1) is 11.3. The number of aryl methyl sites for hydroxylation is 1. The highest BCUT2D eigenvalue weighted by Gasteiger charge is 2.33. The number of amides is 1. The van der Waals surface area contributed by atoms with E-state index in [0.29, 0.717) is 19.0 Å². The van der Waals surface area contributed by atoms with Crippen molar-refractivity contribution in [2.75, 3.05) is 31.6 Å². The number of carbonyl (C=O) groups is 1. The van der Waals surface area contributed by atoms with Crippen LogP contribution in [0.5, 0.6) is 0 Å². The minimum absolute atomic E-state index is 0. The number of aromatic nitrogens is 2. The van der Waals surface area contributed by atoms with Crippen LogP contribution >= 0.6 is 12.4 Å². The van der Waals surface area contributed by atoms with Crippen molar-refractivity contribution < 1.29 is 13.2 Å². The van der Waals surface area contributed by atoms with E-state index in [0.717, 1.165) is 24.9 Å². The van der Waals surface area contributed by atoms with Gasteiger partial charge in [-0.25, -0.2) is 8.42 Å². The summed E-state index contributed by atoms with van der Waals surface area (Å²) in [6, 6.07) is 0.0775. The maximum absolute atomic E-state index is 12.3. The fraction of sp³-hybridized carbons (Fsp3) is 0.750. The van der Waals surface area contributed by atoms with Crippen LogP contribution in [0.4, 0.5) is 0 Å². The lowest BCUT2D eigenvalue weighted by molar-refractivity contribution is -0.122. The van der Waals surface area contributed by atoms with Gasteiger partial charge in [-0.1, -0.05) is 13.3 Å². The topological polar surface area (TPSA) is 84.3 Å². The summed E-state index contributed by atoms with van der Waals surface area (Å²) in [5, 5.41) is 7.24. The average Bonchev–Trinajstić information content (AvgIpc) is 3.03. The summed E-state index contributed by atoms with van der Waals surface area (Å²) in [4.78, 5) is 14.4. The van der Waals surface area contributed by atoms with Crippen molar-refractivity contribution in [2.24, 2.45) is 5.92 Å². The predicted octanol–water partition coefficient (Wildman–Crippen LogP) is 0.875. The van der Waals surface area contributed by atoms with Gasteiger partial charge in [0.05, 0.1) is 11.9 Å². The van der Waals surface area contributed by atoms with Crippen molar-refractivity contribution in [3.05, 3.63) is 18.0 Å². The minimum Gasteiger partial charge on any atom is -0.350 e. The number of halogens is 1. The maximum Gasteiger partial charge on any atom is 0.242 e. The zero-order chi connectivity index (χ0) is 17.7. The molecule has 1 aromatic rings. The largest absolute Gasteiger partial charge is 0.350 e. The van der Waals surface area contributed by atoms with E-state index in [1.165, 1.54) is 6.26 Å². The summed E-state index contributed by atoms with van der Waals surface area (Å²) in [5.41, 5.74) is 1.03. The molecular weight excluding hydrogens is 364 g/mol. The van der Waals surface area contributed by atoms with E-state index >= 15 is 0 Å². The molecule has 0 radical (unpaired) electrons. The van der Waals surface area contributed by atoms with Crippen molar-refractivity contribution in [1.29, 1.82) is 0 Å². The molecule has 7 nitrogen and oxygen atoms in total. The first-order valence-electron chi connectivity index (χ1n) is 8.45. The highest BCUT2D eigenvalue weighted by molar-refractivity contribution is 7.90. The molecule has 0 saturated carbocycles. The molecule has 1 aliphatic rings. The van der Waals surface area contributed by atoms with Gasteiger partial charge >= 0.3 is 0 Å². The third-order valence-electron chi connectivity index (χ3n) is 4.37. The third kappa shape index (κ3) is 7.33. The fourth-order valence-electron chi connectivity index (χ4n) is 3.22. The molecule has 144 valence electrons. The SMILES string of the molecule is CCC[C@H]1CN(CCS(C)(=O)=O)C[C@@H]1NC(=O)Cn1cc(C)cn1.Cl. The molecule has 0 aromatic carbocycles. The Balaban J connectivity index is 0.00000312. The lowest BCUT2D eigenvalue weighted by Crippen LogP contribution is -2.42. The number of hydrogen-bond donors (Lipinski definition) is 1. The Bertz CT molecular complexity index is 662. The van der Waals surface area contributed by atoms with Gasteiger partial charge in [0, 0.05) is 38.1 Å². The number of rotatable bonds is 8. The second kappa shape index (κ2) is 9.54. The van der Waals surface area contributed by atoms with Gasteiger partial charge in [0.2, 0.25) is 5.91 Å². The number of likely N-dealkylation sites (tertiary alicyclic amines) is 1. The van der Waals surface area contributed by atoms with Gasteiger partial charge < -0.3 is 5.32 Å². The lowest BCUT2D eigenvalue weighted by Gasteiger charge is -2.19. The smallest absolute Gasteiger partial charge is 0.242 e. The molecule has 0 spiro atoms. The van der Waals surface area contributed by atoms with Gasteiger partial charge in [-0.15, -0.1) is 12.4 Å². The van der Waals surface area contributed by atoms with Gasteiger partial charge in [-0.3, -0.25) is 14.4 Å². The van der Waals surface area contributed by atoms with Crippen molar-refractivity contribution in [3.63, 3.8) is 0 Å². The van der Waals surface area contributed by atoms with Gasteiger partial charge in [0.1, 0.15) is 16.4 Å². The summed E-state index contributed by atoms with van der Waals surface area (Å²) >= 11 is 0. The van der Waals surface area contributed by atoms with Gasteiger partial charge in [-0.05, 0) is 24.8 Å². The van der Waals surface area contributed by atoms with Crippen molar-refractivity contribution in [1.82, 2.24) is 20.0 Å². The Hall–Kier alpha value is -1.12. The summed E-state index contributed by atoms with van der Waals surface area (Å²) in [6.07, 6.45) is 6.92. The average molecular weight is 393 g/mol. The zero-order valence-electron chi connectivity index (χ0n) is 15.1. The van der Waals surface area contributed by atoms with Crippen LogP contribution in [0.1, 0.15) is 25.3 Å². The second-order valence-electron chi connectivity index (χ2n) is 6.83. The molecule has 1 N–H and O–H groups in total. The van der Waals surface area contributed by atoms with Gasteiger partial charge in [0.15, 0.2) is 0 Å². The number of sulfone groups is 1. The van der Waals surface area contributed by atoms with Gasteiger partial charge in [0.25, 0.3) is 0 Å². The molecule has 1 saturated heterocycles. The molecule has 25 heavy (non-hydrogen) atoms. The second-order valence-corrected chi connectivity index (χ2v) is 9.09. The molecule has 2 rings (SSSR count). The Morgan fingerprint density at radius 2 is 2.12 bits per heavy atom. The van der Waals surface area contributed by atoms with E-state index in [9.17, 15) is 13.2 Å². The van der Waals surface area contributed by atoms with Crippen LogP contribution in [0.2, 0.25) is 0 Å². The number of nitrogens with zero attached hydrogens (tertiary/aromatic N) is 3. The van der Waals surface area contributed by atoms with Crippen LogP contribution in [0.25, 0.3) is 0 Å². The lowest BCUT2D eigenvalue weighted by atomic mass is 9.98. The predicted molar refractivity (Wildman–Crippen MR) is 101 cm³/mol. The molecule has 9 heteroatoms. The van der Waals surface area contributed by atoms with E-state index in [1.54, 1.807) is 10.9 Å². The van der Waals surface area contributed by atoms with Crippen molar-refractivity contribution in [2.45, 2.75) is 39.3 Å². The Morgan fingerprint density at radius 1 is 1.40 bits per heavy atom. The molecule has 1 amide bonds. The summed E-state index contributed by atoms with van der Waals surface area (Å²) < 4.78 is 24.3. The van der Waals surface area contributed by atoms with Crippen molar-refractivity contribution in [3.8, 4) is 0 Å². The normalized spacial score (nSPS) is 21.1. The van der Waals surface area contributed by atoms with Gasteiger partial charge in [-0.2, -0.15) is 5.10 Å². The highest BCUT2D eigenvalue weighted by Crippen LogP contribution is 2.21. The first-order valence-corrected chi connectivity index (χ1v) is 10.5. The Kier molecular flexibility index (Phi) is 8.37. The molecule has 2 heterocycles.